The van der Waals surface area contributed by atoms with Gasteiger partial charge in [0.2, 0.25) is 0 Å². The molecule has 3 nitrogen and oxygen atoms in total. The first-order valence-corrected chi connectivity index (χ1v) is 6.10. The molecule has 0 amide bonds. The van der Waals surface area contributed by atoms with Gasteiger partial charge >= 0.3 is 0 Å². The van der Waals surface area contributed by atoms with E-state index in [1.54, 1.807) is 6.20 Å². The Hall–Kier alpha value is -0.740. The minimum Gasteiger partial charge on any atom is -0.347 e. The van der Waals surface area contributed by atoms with Crippen molar-refractivity contribution in [1.82, 2.24) is 15.3 Å². The number of rotatable bonds is 5. The molecule has 1 aromatic heterocycles. The summed E-state index contributed by atoms with van der Waals surface area (Å²) >= 11 is 5.84. The summed E-state index contributed by atoms with van der Waals surface area (Å²) in [6, 6.07) is 8.21. The molecule has 1 heterocycles. The SMILES string of the molecule is CC(NCCc1ccc(Cl)cc1)c1ncc[nH]1.Cl.Cl. The van der Waals surface area contributed by atoms with E-state index in [2.05, 4.69) is 34.3 Å². The second-order valence-corrected chi connectivity index (χ2v) is 4.46. The average molecular weight is 323 g/mol. The predicted octanol–water partition coefficient (Wildman–Crippen LogP) is 3.80. The summed E-state index contributed by atoms with van der Waals surface area (Å²) in [4.78, 5) is 7.32. The molecule has 0 radical (unpaired) electrons. The summed E-state index contributed by atoms with van der Waals surface area (Å²) in [6.45, 7) is 3.02. The van der Waals surface area contributed by atoms with Gasteiger partial charge in [0, 0.05) is 17.4 Å². The highest BCUT2D eigenvalue weighted by Gasteiger charge is 2.05. The molecule has 0 aliphatic rings. The number of imidazole rings is 1. The summed E-state index contributed by atoms with van der Waals surface area (Å²) < 4.78 is 0. The number of nitrogens with zero attached hydrogens (tertiary/aromatic N) is 1. The lowest BCUT2D eigenvalue weighted by Gasteiger charge is -2.11. The van der Waals surface area contributed by atoms with E-state index in [4.69, 9.17) is 11.6 Å². The average Bonchev–Trinajstić information content (AvgIpc) is 2.85. The Balaban J connectivity index is 0.00000162. The number of benzene rings is 1. The minimum absolute atomic E-state index is 0. The molecule has 1 atom stereocenters. The Morgan fingerprint density at radius 2 is 1.95 bits per heavy atom. The zero-order valence-corrected chi connectivity index (χ0v) is 13.0. The van der Waals surface area contributed by atoms with Crippen molar-refractivity contribution in [1.29, 1.82) is 0 Å². The number of hydrogen-bond donors (Lipinski definition) is 2. The molecule has 0 spiro atoms. The van der Waals surface area contributed by atoms with Crippen molar-refractivity contribution in [2.24, 2.45) is 0 Å². The second-order valence-electron chi connectivity index (χ2n) is 4.03. The van der Waals surface area contributed by atoms with Crippen LogP contribution in [0.4, 0.5) is 0 Å². The quantitative estimate of drug-likeness (QED) is 0.879. The van der Waals surface area contributed by atoms with Crippen LogP contribution in [0.5, 0.6) is 0 Å². The zero-order valence-electron chi connectivity index (χ0n) is 10.6. The number of nitrogens with one attached hydrogen (secondary N) is 2. The first kappa shape index (κ1) is 18.3. The van der Waals surface area contributed by atoms with Crippen LogP contribution in [-0.4, -0.2) is 16.5 Å². The maximum Gasteiger partial charge on any atom is 0.122 e. The largest absolute Gasteiger partial charge is 0.347 e. The molecular weight excluding hydrogens is 305 g/mol. The fourth-order valence-electron chi connectivity index (χ4n) is 1.70. The van der Waals surface area contributed by atoms with Gasteiger partial charge in [0.05, 0.1) is 6.04 Å². The first-order chi connectivity index (χ1) is 8.25. The number of halogens is 3. The highest BCUT2D eigenvalue weighted by Crippen LogP contribution is 2.10. The smallest absolute Gasteiger partial charge is 0.122 e. The van der Waals surface area contributed by atoms with E-state index >= 15 is 0 Å². The van der Waals surface area contributed by atoms with Gasteiger partial charge in [0.1, 0.15) is 5.82 Å². The number of H-pyrrole nitrogens is 1. The molecule has 1 unspecified atom stereocenters. The molecular formula is C13H18Cl3N3. The van der Waals surface area contributed by atoms with Gasteiger partial charge in [0.25, 0.3) is 0 Å². The van der Waals surface area contributed by atoms with Crippen molar-refractivity contribution < 1.29 is 0 Å². The molecule has 2 aromatic rings. The van der Waals surface area contributed by atoms with Crippen LogP contribution >= 0.6 is 36.4 Å². The lowest BCUT2D eigenvalue weighted by atomic mass is 10.1. The maximum atomic E-state index is 5.84. The van der Waals surface area contributed by atoms with Crippen LogP contribution < -0.4 is 5.32 Å². The van der Waals surface area contributed by atoms with Crippen LogP contribution in [0.3, 0.4) is 0 Å². The second kappa shape index (κ2) is 9.21. The van der Waals surface area contributed by atoms with E-state index in [0.717, 1.165) is 23.8 Å². The van der Waals surface area contributed by atoms with Crippen LogP contribution in [0.2, 0.25) is 5.02 Å². The molecule has 0 fully saturated rings. The van der Waals surface area contributed by atoms with Gasteiger partial charge in [-0.1, -0.05) is 23.7 Å². The van der Waals surface area contributed by atoms with Crippen molar-refractivity contribution in [2.45, 2.75) is 19.4 Å². The monoisotopic (exact) mass is 321 g/mol. The summed E-state index contributed by atoms with van der Waals surface area (Å²) in [5, 5.41) is 4.20. The standard InChI is InChI=1S/C13H16ClN3.2ClH/c1-10(13-16-8-9-17-13)15-7-6-11-2-4-12(14)5-3-11;;/h2-5,8-10,15H,6-7H2,1H3,(H,16,17);2*1H. The fourth-order valence-corrected chi connectivity index (χ4v) is 1.82. The van der Waals surface area contributed by atoms with Crippen molar-refractivity contribution in [2.75, 3.05) is 6.54 Å². The van der Waals surface area contributed by atoms with Gasteiger partial charge in [-0.2, -0.15) is 0 Å². The van der Waals surface area contributed by atoms with Crippen molar-refractivity contribution in [3.63, 3.8) is 0 Å². The Labute approximate surface area is 131 Å². The molecule has 2 rings (SSSR count). The summed E-state index contributed by atoms with van der Waals surface area (Å²) in [6.07, 6.45) is 4.60. The molecule has 0 aliphatic carbocycles. The van der Waals surface area contributed by atoms with Gasteiger partial charge in [0.15, 0.2) is 0 Å². The van der Waals surface area contributed by atoms with E-state index in [-0.39, 0.29) is 30.9 Å². The number of hydrogen-bond acceptors (Lipinski definition) is 2. The van der Waals surface area contributed by atoms with Crippen LogP contribution in [0.15, 0.2) is 36.7 Å². The van der Waals surface area contributed by atoms with Gasteiger partial charge in [-0.15, -0.1) is 24.8 Å². The van der Waals surface area contributed by atoms with Gasteiger partial charge < -0.3 is 10.3 Å². The predicted molar refractivity (Wildman–Crippen MR) is 84.7 cm³/mol. The molecule has 6 heteroatoms. The van der Waals surface area contributed by atoms with Crippen molar-refractivity contribution in [3.8, 4) is 0 Å². The molecule has 19 heavy (non-hydrogen) atoms. The van der Waals surface area contributed by atoms with E-state index in [9.17, 15) is 0 Å². The third-order valence-electron chi connectivity index (χ3n) is 2.71. The summed E-state index contributed by atoms with van der Waals surface area (Å²) in [5.41, 5.74) is 1.29. The first-order valence-electron chi connectivity index (χ1n) is 5.73. The minimum atomic E-state index is 0. The number of aromatic amines is 1. The molecule has 2 N–H and O–H groups in total. The molecule has 106 valence electrons. The molecule has 0 saturated carbocycles. The van der Waals surface area contributed by atoms with Crippen molar-refractivity contribution in [3.05, 3.63) is 53.1 Å². The topological polar surface area (TPSA) is 40.7 Å². The van der Waals surface area contributed by atoms with Crippen molar-refractivity contribution >= 4 is 36.4 Å². The zero-order chi connectivity index (χ0) is 12.1. The Morgan fingerprint density at radius 3 is 2.53 bits per heavy atom. The third-order valence-corrected chi connectivity index (χ3v) is 2.96. The Bertz CT molecular complexity index is 443. The van der Waals surface area contributed by atoms with Crippen LogP contribution in [-0.2, 0) is 6.42 Å². The Morgan fingerprint density at radius 1 is 1.26 bits per heavy atom. The molecule has 0 saturated heterocycles. The fraction of sp³-hybridized carbons (Fsp3) is 0.308. The van der Waals surface area contributed by atoms with E-state index in [1.165, 1.54) is 5.56 Å². The molecule has 0 aliphatic heterocycles. The van der Waals surface area contributed by atoms with Gasteiger partial charge in [-0.05, 0) is 37.6 Å². The summed E-state index contributed by atoms with van der Waals surface area (Å²) in [7, 11) is 0. The van der Waals surface area contributed by atoms with Gasteiger partial charge in [-0.25, -0.2) is 4.98 Å². The van der Waals surface area contributed by atoms with Crippen LogP contribution in [0.25, 0.3) is 0 Å². The highest BCUT2D eigenvalue weighted by molar-refractivity contribution is 6.30. The van der Waals surface area contributed by atoms with E-state index in [0.29, 0.717) is 0 Å². The Kier molecular flexibility index (Phi) is 8.85. The molecule has 0 bridgehead atoms. The summed E-state index contributed by atoms with van der Waals surface area (Å²) in [5.74, 6) is 0.973. The van der Waals surface area contributed by atoms with Crippen LogP contribution in [0, 0.1) is 0 Å². The lowest BCUT2D eigenvalue weighted by molar-refractivity contribution is 0.554. The third kappa shape index (κ3) is 5.83. The maximum absolute atomic E-state index is 5.84. The van der Waals surface area contributed by atoms with Gasteiger partial charge in [-0.3, -0.25) is 0 Å². The van der Waals surface area contributed by atoms with E-state index in [1.807, 2.05) is 18.3 Å². The number of aromatic nitrogens is 2. The highest BCUT2D eigenvalue weighted by atomic mass is 35.5. The lowest BCUT2D eigenvalue weighted by Crippen LogP contribution is -2.22. The van der Waals surface area contributed by atoms with Crippen LogP contribution in [0.1, 0.15) is 24.4 Å². The van der Waals surface area contributed by atoms with E-state index < -0.39 is 0 Å². The molecule has 1 aromatic carbocycles. The normalized spacial score (nSPS) is 11.3.